The number of benzene rings is 1. The molecule has 1 aromatic carbocycles. The van der Waals surface area contributed by atoms with Crippen LogP contribution in [0.15, 0.2) is 41.0 Å². The Bertz CT molecular complexity index is 478. The van der Waals surface area contributed by atoms with Gasteiger partial charge in [-0.15, -0.1) is 0 Å². The highest BCUT2D eigenvalue weighted by Crippen LogP contribution is 2.31. The van der Waals surface area contributed by atoms with Gasteiger partial charge in [-0.3, -0.25) is 0 Å². The minimum Gasteiger partial charge on any atom is -0.487 e. The lowest BCUT2D eigenvalue weighted by Gasteiger charge is -2.10. The van der Waals surface area contributed by atoms with Crippen LogP contribution in [0, 0.1) is 6.92 Å². The molecular weight excluding hydrogens is 226 g/mol. The van der Waals surface area contributed by atoms with E-state index < -0.39 is 13.0 Å². The number of hydrogen-bond donors (Lipinski definition) is 0. The van der Waals surface area contributed by atoms with Crippen LogP contribution in [-0.2, 0) is 0 Å². The Hall–Kier alpha value is -1.84. The highest BCUT2D eigenvalue weighted by Gasteiger charge is 2.11. The highest BCUT2D eigenvalue weighted by molar-refractivity contribution is 5.66. The van der Waals surface area contributed by atoms with Crippen molar-refractivity contribution in [1.82, 2.24) is 0 Å². The molecule has 1 heterocycles. The molecule has 2 rings (SSSR count). The number of rotatable bonds is 4. The Morgan fingerprint density at radius 1 is 1.29 bits per heavy atom. The fraction of sp³-hybridized carbons (Fsp3) is 0.231. The molecule has 90 valence electrons. The van der Waals surface area contributed by atoms with Crippen molar-refractivity contribution in [3.05, 3.63) is 42.2 Å². The first kappa shape index (κ1) is 11.6. The van der Waals surface area contributed by atoms with Gasteiger partial charge in [0.15, 0.2) is 0 Å². The number of furan rings is 1. The van der Waals surface area contributed by atoms with Gasteiger partial charge in [-0.2, -0.15) is 0 Å². The number of alkyl halides is 2. The Labute approximate surface area is 97.8 Å². The van der Waals surface area contributed by atoms with Crippen molar-refractivity contribution >= 4 is 0 Å². The van der Waals surface area contributed by atoms with Crippen LogP contribution in [0.5, 0.6) is 5.75 Å². The zero-order valence-corrected chi connectivity index (χ0v) is 9.32. The Morgan fingerprint density at radius 3 is 2.76 bits per heavy atom. The van der Waals surface area contributed by atoms with Crippen molar-refractivity contribution in [2.75, 3.05) is 6.61 Å². The van der Waals surface area contributed by atoms with Crippen molar-refractivity contribution in [2.24, 2.45) is 0 Å². The van der Waals surface area contributed by atoms with Crippen LogP contribution in [0.25, 0.3) is 11.3 Å². The molecule has 0 aliphatic rings. The zero-order valence-electron chi connectivity index (χ0n) is 9.32. The second-order valence-corrected chi connectivity index (χ2v) is 3.68. The average Bonchev–Trinajstić information content (AvgIpc) is 2.80. The van der Waals surface area contributed by atoms with Crippen LogP contribution in [0.4, 0.5) is 8.78 Å². The molecule has 4 heteroatoms. The minimum absolute atomic E-state index is 0.408. The molecule has 1 aromatic heterocycles. The Kier molecular flexibility index (Phi) is 3.42. The summed E-state index contributed by atoms with van der Waals surface area (Å²) in [7, 11) is 0. The molecule has 0 amide bonds. The maximum atomic E-state index is 12.1. The molecule has 0 bridgehead atoms. The molecule has 0 aliphatic heterocycles. The van der Waals surface area contributed by atoms with Gasteiger partial charge in [-0.1, -0.05) is 11.6 Å². The summed E-state index contributed by atoms with van der Waals surface area (Å²) in [5.74, 6) is 1.02. The number of ether oxygens (including phenoxy) is 1. The first-order chi connectivity index (χ1) is 8.16. The van der Waals surface area contributed by atoms with Crippen LogP contribution < -0.4 is 4.74 Å². The van der Waals surface area contributed by atoms with Crippen LogP contribution in [0.2, 0.25) is 0 Å². The van der Waals surface area contributed by atoms with Gasteiger partial charge in [0.2, 0.25) is 0 Å². The molecule has 2 nitrogen and oxygen atoms in total. The summed E-state index contributed by atoms with van der Waals surface area (Å²) in [4.78, 5) is 0. The second kappa shape index (κ2) is 4.99. The van der Waals surface area contributed by atoms with Gasteiger partial charge in [0.05, 0.1) is 11.8 Å². The van der Waals surface area contributed by atoms with E-state index in [1.807, 2.05) is 19.1 Å². The quantitative estimate of drug-likeness (QED) is 0.806. The van der Waals surface area contributed by atoms with Gasteiger partial charge in [-0.05, 0) is 31.2 Å². The first-order valence-corrected chi connectivity index (χ1v) is 5.22. The number of hydrogen-bond acceptors (Lipinski definition) is 2. The monoisotopic (exact) mass is 238 g/mol. The van der Waals surface area contributed by atoms with E-state index in [4.69, 9.17) is 9.15 Å². The van der Waals surface area contributed by atoms with Gasteiger partial charge in [0, 0.05) is 0 Å². The van der Waals surface area contributed by atoms with Gasteiger partial charge in [0.1, 0.15) is 18.1 Å². The molecule has 0 saturated heterocycles. The zero-order chi connectivity index (χ0) is 12.3. The summed E-state index contributed by atoms with van der Waals surface area (Å²) in [6, 6.07) is 8.85. The lowest BCUT2D eigenvalue weighted by Crippen LogP contribution is -2.07. The van der Waals surface area contributed by atoms with E-state index in [1.54, 1.807) is 18.2 Å². The summed E-state index contributed by atoms with van der Waals surface area (Å²) in [6.45, 7) is 1.31. The maximum absolute atomic E-state index is 12.1. The fourth-order valence-electron chi connectivity index (χ4n) is 1.55. The smallest absolute Gasteiger partial charge is 0.272 e. The molecule has 0 N–H and O–H groups in total. The molecular formula is C13H12F2O2. The predicted octanol–water partition coefficient (Wildman–Crippen LogP) is 3.90. The molecule has 0 spiro atoms. The van der Waals surface area contributed by atoms with Crippen molar-refractivity contribution < 1.29 is 17.9 Å². The van der Waals surface area contributed by atoms with Crippen molar-refractivity contribution in [3.8, 4) is 17.1 Å². The topological polar surface area (TPSA) is 22.4 Å². The summed E-state index contributed by atoms with van der Waals surface area (Å²) in [5, 5.41) is 0. The largest absolute Gasteiger partial charge is 0.487 e. The lowest BCUT2D eigenvalue weighted by atomic mass is 10.1. The molecule has 0 atom stereocenters. The lowest BCUT2D eigenvalue weighted by molar-refractivity contribution is 0.0821. The van der Waals surface area contributed by atoms with E-state index in [2.05, 4.69) is 0 Å². The van der Waals surface area contributed by atoms with E-state index in [1.165, 1.54) is 6.26 Å². The maximum Gasteiger partial charge on any atom is 0.272 e. The molecule has 0 radical (unpaired) electrons. The normalized spacial score (nSPS) is 10.8. The molecule has 0 fully saturated rings. The third-order valence-electron chi connectivity index (χ3n) is 2.29. The molecule has 17 heavy (non-hydrogen) atoms. The molecule has 2 aromatic rings. The summed E-state index contributed by atoms with van der Waals surface area (Å²) in [5.41, 5.74) is 1.71. The van der Waals surface area contributed by atoms with Crippen LogP contribution >= 0.6 is 0 Å². The number of halogens is 2. The van der Waals surface area contributed by atoms with Crippen molar-refractivity contribution in [1.29, 1.82) is 0 Å². The van der Waals surface area contributed by atoms with Gasteiger partial charge < -0.3 is 9.15 Å². The Balaban J connectivity index is 2.31. The van der Waals surface area contributed by atoms with E-state index in [0.717, 1.165) is 5.56 Å². The highest BCUT2D eigenvalue weighted by atomic mass is 19.3. The van der Waals surface area contributed by atoms with Crippen LogP contribution in [-0.4, -0.2) is 13.0 Å². The van der Waals surface area contributed by atoms with Crippen LogP contribution in [0.3, 0.4) is 0 Å². The molecule has 0 aliphatic carbocycles. The van der Waals surface area contributed by atoms with E-state index in [9.17, 15) is 8.78 Å². The predicted molar refractivity (Wildman–Crippen MR) is 60.4 cm³/mol. The van der Waals surface area contributed by atoms with E-state index >= 15 is 0 Å². The van der Waals surface area contributed by atoms with Crippen molar-refractivity contribution in [3.63, 3.8) is 0 Å². The molecule has 0 saturated carbocycles. The first-order valence-electron chi connectivity index (χ1n) is 5.22. The summed E-state index contributed by atoms with van der Waals surface area (Å²) in [6.07, 6.45) is -0.949. The van der Waals surface area contributed by atoms with Gasteiger partial charge >= 0.3 is 0 Å². The summed E-state index contributed by atoms with van der Waals surface area (Å²) < 4.78 is 34.6. The second-order valence-electron chi connectivity index (χ2n) is 3.68. The Morgan fingerprint density at radius 2 is 2.12 bits per heavy atom. The third kappa shape index (κ3) is 2.84. The minimum atomic E-state index is -2.49. The molecule has 0 unspecified atom stereocenters. The third-order valence-corrected chi connectivity index (χ3v) is 2.29. The SMILES string of the molecule is Cc1ccc(OCC(F)F)c(-c2ccco2)c1. The van der Waals surface area contributed by atoms with Gasteiger partial charge in [-0.25, -0.2) is 8.78 Å². The summed E-state index contributed by atoms with van der Waals surface area (Å²) >= 11 is 0. The van der Waals surface area contributed by atoms with Crippen LogP contribution in [0.1, 0.15) is 5.56 Å². The van der Waals surface area contributed by atoms with E-state index in [0.29, 0.717) is 17.1 Å². The average molecular weight is 238 g/mol. The van der Waals surface area contributed by atoms with Crippen molar-refractivity contribution in [2.45, 2.75) is 13.3 Å². The fourth-order valence-corrected chi connectivity index (χ4v) is 1.55. The van der Waals surface area contributed by atoms with E-state index in [-0.39, 0.29) is 0 Å². The van der Waals surface area contributed by atoms with Gasteiger partial charge in [0.25, 0.3) is 6.43 Å². The number of aryl methyl sites for hydroxylation is 1. The standard InChI is InChI=1S/C13H12F2O2/c1-9-4-5-12(17-8-13(14)15)10(7-9)11-3-2-6-16-11/h2-7,13H,8H2,1H3.